The zero-order valence-corrected chi connectivity index (χ0v) is 11.4. The summed E-state index contributed by atoms with van der Waals surface area (Å²) in [6, 6.07) is 10.1. The van der Waals surface area contributed by atoms with Gasteiger partial charge in [-0.15, -0.1) is 0 Å². The van der Waals surface area contributed by atoms with Gasteiger partial charge in [0.15, 0.2) is 11.6 Å². The molecule has 0 fully saturated rings. The summed E-state index contributed by atoms with van der Waals surface area (Å²) in [5.74, 6) is -0.360. The Kier molecular flexibility index (Phi) is 2.61. The van der Waals surface area contributed by atoms with E-state index in [0.29, 0.717) is 26.2 Å². The van der Waals surface area contributed by atoms with Crippen molar-refractivity contribution in [1.29, 1.82) is 0 Å². The molecular formula is C14H6BrClO2. The summed E-state index contributed by atoms with van der Waals surface area (Å²) in [5.41, 5.74) is 1.50. The Morgan fingerprint density at radius 1 is 0.833 bits per heavy atom. The average molecular weight is 322 g/mol. The summed E-state index contributed by atoms with van der Waals surface area (Å²) in [7, 11) is 0. The highest BCUT2D eigenvalue weighted by Gasteiger charge is 2.31. The minimum absolute atomic E-state index is 0.158. The van der Waals surface area contributed by atoms with Crippen LogP contribution in [0.25, 0.3) is 0 Å². The fraction of sp³-hybridized carbons (Fsp3) is 0. The Morgan fingerprint density at radius 3 is 2.11 bits per heavy atom. The van der Waals surface area contributed by atoms with Crippen LogP contribution >= 0.6 is 27.5 Å². The molecule has 1 aliphatic carbocycles. The lowest BCUT2D eigenvalue weighted by atomic mass is 9.84. The predicted octanol–water partition coefficient (Wildman–Crippen LogP) is 3.88. The van der Waals surface area contributed by atoms with Crippen LogP contribution in [0.4, 0.5) is 0 Å². The summed E-state index contributed by atoms with van der Waals surface area (Å²) in [4.78, 5) is 24.7. The van der Waals surface area contributed by atoms with Crippen molar-refractivity contribution in [3.8, 4) is 0 Å². The van der Waals surface area contributed by atoms with Crippen LogP contribution in [0.15, 0.2) is 40.9 Å². The number of ketones is 2. The van der Waals surface area contributed by atoms with Crippen molar-refractivity contribution in [3.05, 3.63) is 68.1 Å². The first kappa shape index (κ1) is 11.6. The number of hydrogen-bond donors (Lipinski definition) is 0. The normalized spacial score (nSPS) is 13.2. The van der Waals surface area contributed by atoms with Gasteiger partial charge in [0.05, 0.1) is 10.6 Å². The molecule has 2 aromatic rings. The quantitative estimate of drug-likeness (QED) is 0.630. The van der Waals surface area contributed by atoms with Crippen LogP contribution in [-0.2, 0) is 0 Å². The SMILES string of the molecule is O=C1c2ccccc2C(=O)c2c1ccc(Br)c2Cl. The minimum atomic E-state index is -0.202. The standard InChI is InChI=1S/C14H6BrClO2/c15-10-6-5-9-11(12(10)16)14(18)8-4-2-1-3-7(8)13(9)17/h1-6H. The molecule has 2 nitrogen and oxygen atoms in total. The summed E-state index contributed by atoms with van der Waals surface area (Å²) >= 11 is 9.38. The average Bonchev–Trinajstić information content (AvgIpc) is 2.39. The van der Waals surface area contributed by atoms with E-state index in [1.54, 1.807) is 36.4 Å². The zero-order chi connectivity index (χ0) is 12.9. The highest BCUT2D eigenvalue weighted by atomic mass is 79.9. The molecule has 3 rings (SSSR count). The maximum absolute atomic E-state index is 12.4. The molecule has 0 atom stereocenters. The van der Waals surface area contributed by atoms with Crippen LogP contribution < -0.4 is 0 Å². The fourth-order valence-corrected chi connectivity index (χ4v) is 2.70. The molecule has 0 saturated carbocycles. The van der Waals surface area contributed by atoms with Crippen LogP contribution in [-0.4, -0.2) is 11.6 Å². The molecule has 0 aromatic heterocycles. The van der Waals surface area contributed by atoms with E-state index in [2.05, 4.69) is 15.9 Å². The lowest BCUT2D eigenvalue weighted by Gasteiger charge is -2.18. The topological polar surface area (TPSA) is 34.1 Å². The zero-order valence-electron chi connectivity index (χ0n) is 9.04. The number of hydrogen-bond acceptors (Lipinski definition) is 2. The van der Waals surface area contributed by atoms with Gasteiger partial charge in [-0.3, -0.25) is 9.59 Å². The molecule has 0 radical (unpaired) electrons. The number of halogens is 2. The van der Waals surface area contributed by atoms with Gasteiger partial charge in [-0.2, -0.15) is 0 Å². The first-order valence-corrected chi connectivity index (χ1v) is 6.45. The third kappa shape index (κ3) is 1.48. The number of fused-ring (bicyclic) bond motifs is 2. The van der Waals surface area contributed by atoms with E-state index in [0.717, 1.165) is 0 Å². The van der Waals surface area contributed by atoms with Gasteiger partial charge in [0, 0.05) is 21.2 Å². The minimum Gasteiger partial charge on any atom is -0.289 e. The highest BCUT2D eigenvalue weighted by Crippen LogP contribution is 2.35. The predicted molar refractivity (Wildman–Crippen MR) is 72.5 cm³/mol. The lowest BCUT2D eigenvalue weighted by molar-refractivity contribution is 0.0979. The number of carbonyl (C=O) groups excluding carboxylic acids is 2. The van der Waals surface area contributed by atoms with Crippen molar-refractivity contribution in [2.75, 3.05) is 0 Å². The second kappa shape index (κ2) is 4.04. The molecule has 0 heterocycles. The van der Waals surface area contributed by atoms with Crippen molar-refractivity contribution < 1.29 is 9.59 Å². The molecule has 0 saturated heterocycles. The second-order valence-corrected chi connectivity index (χ2v) is 5.22. The molecule has 0 unspecified atom stereocenters. The third-order valence-corrected chi connectivity index (χ3v) is 4.26. The Morgan fingerprint density at radius 2 is 1.44 bits per heavy atom. The van der Waals surface area contributed by atoms with Crippen molar-refractivity contribution in [3.63, 3.8) is 0 Å². The van der Waals surface area contributed by atoms with Crippen molar-refractivity contribution in [2.45, 2.75) is 0 Å². The molecule has 0 amide bonds. The molecule has 1 aliphatic rings. The fourth-order valence-electron chi connectivity index (χ4n) is 2.12. The van der Waals surface area contributed by atoms with Gasteiger partial charge in [0.25, 0.3) is 0 Å². The van der Waals surface area contributed by atoms with E-state index < -0.39 is 0 Å². The Hall–Kier alpha value is -1.45. The smallest absolute Gasteiger partial charge is 0.196 e. The monoisotopic (exact) mass is 320 g/mol. The van der Waals surface area contributed by atoms with E-state index in [4.69, 9.17) is 11.6 Å². The van der Waals surface area contributed by atoms with Gasteiger partial charge in [-0.1, -0.05) is 35.9 Å². The molecule has 18 heavy (non-hydrogen) atoms. The molecule has 0 bridgehead atoms. The summed E-state index contributed by atoms with van der Waals surface area (Å²) in [6.07, 6.45) is 0. The van der Waals surface area contributed by atoms with Gasteiger partial charge in [-0.25, -0.2) is 0 Å². The van der Waals surface area contributed by atoms with E-state index in [1.807, 2.05) is 0 Å². The number of rotatable bonds is 0. The van der Waals surface area contributed by atoms with Gasteiger partial charge >= 0.3 is 0 Å². The van der Waals surface area contributed by atoms with Crippen LogP contribution in [0.5, 0.6) is 0 Å². The third-order valence-electron chi connectivity index (χ3n) is 2.98. The molecule has 0 N–H and O–H groups in total. The number of carbonyl (C=O) groups is 2. The van der Waals surface area contributed by atoms with Crippen molar-refractivity contribution in [2.24, 2.45) is 0 Å². The van der Waals surface area contributed by atoms with Crippen molar-refractivity contribution >= 4 is 39.1 Å². The van der Waals surface area contributed by atoms with E-state index >= 15 is 0 Å². The maximum Gasteiger partial charge on any atom is 0.196 e. The van der Waals surface area contributed by atoms with Crippen LogP contribution in [0, 0.1) is 0 Å². The van der Waals surface area contributed by atoms with Crippen LogP contribution in [0.3, 0.4) is 0 Å². The summed E-state index contributed by atoms with van der Waals surface area (Å²) < 4.78 is 0.614. The summed E-state index contributed by atoms with van der Waals surface area (Å²) in [5, 5.41) is 0.292. The van der Waals surface area contributed by atoms with Crippen molar-refractivity contribution in [1.82, 2.24) is 0 Å². The van der Waals surface area contributed by atoms with Crippen LogP contribution in [0.2, 0.25) is 5.02 Å². The molecular weight excluding hydrogens is 316 g/mol. The Labute approximate surface area is 117 Å². The number of benzene rings is 2. The van der Waals surface area contributed by atoms with Gasteiger partial charge in [0.1, 0.15) is 0 Å². The molecule has 2 aromatic carbocycles. The Bertz CT molecular complexity index is 707. The molecule has 4 heteroatoms. The molecule has 88 valence electrons. The summed E-state index contributed by atoms with van der Waals surface area (Å²) in [6.45, 7) is 0. The highest BCUT2D eigenvalue weighted by molar-refractivity contribution is 9.10. The van der Waals surface area contributed by atoms with E-state index in [-0.39, 0.29) is 17.1 Å². The van der Waals surface area contributed by atoms with Gasteiger partial charge < -0.3 is 0 Å². The van der Waals surface area contributed by atoms with E-state index in [1.165, 1.54) is 0 Å². The largest absolute Gasteiger partial charge is 0.289 e. The van der Waals surface area contributed by atoms with E-state index in [9.17, 15) is 9.59 Å². The molecule has 0 spiro atoms. The first-order chi connectivity index (χ1) is 8.61. The maximum atomic E-state index is 12.4. The van der Waals surface area contributed by atoms with Gasteiger partial charge in [-0.05, 0) is 28.1 Å². The van der Waals surface area contributed by atoms with Crippen LogP contribution in [0.1, 0.15) is 31.8 Å². The van der Waals surface area contributed by atoms with Gasteiger partial charge in [0.2, 0.25) is 0 Å². The molecule has 0 aliphatic heterocycles. The second-order valence-electron chi connectivity index (χ2n) is 3.99. The first-order valence-electron chi connectivity index (χ1n) is 5.27. The Balaban J connectivity index is 2.38. The lowest BCUT2D eigenvalue weighted by Crippen LogP contribution is -2.21.